The average Bonchev–Trinajstić information content (AvgIpc) is 3.34. The summed E-state index contributed by atoms with van der Waals surface area (Å²) in [6.07, 6.45) is 0. The molecule has 0 N–H and O–H groups in total. The van der Waals surface area contributed by atoms with E-state index in [0.717, 1.165) is 22.6 Å². The topological polar surface area (TPSA) is 3.24 Å². The summed E-state index contributed by atoms with van der Waals surface area (Å²) in [4.78, 5) is 2.46. The molecule has 0 unspecified atom stereocenters. The molecule has 0 spiro atoms. The van der Waals surface area contributed by atoms with Gasteiger partial charge in [0.25, 0.3) is 0 Å². The smallest absolute Gasteiger partial charge is 0.0546 e. The van der Waals surface area contributed by atoms with Gasteiger partial charge < -0.3 is 4.90 Å². The molecular formula is C60H41N. The maximum Gasteiger partial charge on any atom is 0.0546 e. The monoisotopic (exact) mass is 775 g/mol. The van der Waals surface area contributed by atoms with Gasteiger partial charge in [-0.15, -0.1) is 0 Å². The molecule has 11 rings (SSSR count). The van der Waals surface area contributed by atoms with Crippen molar-refractivity contribution in [1.29, 1.82) is 0 Å². The summed E-state index contributed by atoms with van der Waals surface area (Å²) in [5.41, 5.74) is 15.2. The number of hydrogen-bond donors (Lipinski definition) is 0. The standard InChI is InChI=1S/C60H41N/c1-2-14-42(15-3-1)43-30-32-44(33-31-43)45-34-37-51(38-35-45)61(52-23-10-22-49(40-52)56-27-11-19-46-16-4-7-24-53(46)56)60-41-50(57-28-12-20-47-17-5-8-25-54(47)57)36-39-59(60)58-29-13-21-48-18-6-9-26-55(48)58/h1-41H. The van der Waals surface area contributed by atoms with Crippen molar-refractivity contribution in [2.75, 3.05) is 4.90 Å². The molecule has 0 aromatic heterocycles. The first-order valence-corrected chi connectivity index (χ1v) is 21.0. The van der Waals surface area contributed by atoms with Gasteiger partial charge in [-0.3, -0.25) is 0 Å². The van der Waals surface area contributed by atoms with E-state index in [9.17, 15) is 0 Å². The van der Waals surface area contributed by atoms with Gasteiger partial charge in [0, 0.05) is 16.9 Å². The van der Waals surface area contributed by atoms with E-state index >= 15 is 0 Å². The van der Waals surface area contributed by atoms with Crippen molar-refractivity contribution >= 4 is 49.4 Å². The van der Waals surface area contributed by atoms with Crippen LogP contribution in [0.1, 0.15) is 0 Å². The van der Waals surface area contributed by atoms with E-state index in [-0.39, 0.29) is 0 Å². The zero-order valence-electron chi connectivity index (χ0n) is 33.6. The molecule has 286 valence electrons. The normalized spacial score (nSPS) is 11.3. The Morgan fingerprint density at radius 1 is 0.213 bits per heavy atom. The van der Waals surface area contributed by atoms with Gasteiger partial charge in [-0.05, 0) is 113 Å². The van der Waals surface area contributed by atoms with Crippen LogP contribution in [0.5, 0.6) is 0 Å². The number of rotatable bonds is 8. The van der Waals surface area contributed by atoms with Crippen LogP contribution in [0.2, 0.25) is 0 Å². The van der Waals surface area contributed by atoms with Gasteiger partial charge in [0.2, 0.25) is 0 Å². The van der Waals surface area contributed by atoms with Gasteiger partial charge in [0.15, 0.2) is 0 Å². The summed E-state index contributed by atoms with van der Waals surface area (Å²) in [7, 11) is 0. The van der Waals surface area contributed by atoms with Crippen molar-refractivity contribution in [3.05, 3.63) is 249 Å². The van der Waals surface area contributed by atoms with Crippen LogP contribution in [0, 0.1) is 0 Å². The SMILES string of the molecule is c1ccc(-c2ccc(-c3ccc(N(c4cccc(-c5cccc6ccccc56)c4)c4cc(-c5cccc6ccccc56)ccc4-c4cccc5ccccc45)cc3)cc2)cc1. The van der Waals surface area contributed by atoms with Crippen molar-refractivity contribution in [2.24, 2.45) is 0 Å². The van der Waals surface area contributed by atoms with Crippen molar-refractivity contribution in [3.63, 3.8) is 0 Å². The lowest BCUT2D eigenvalue weighted by Gasteiger charge is -2.29. The van der Waals surface area contributed by atoms with Crippen LogP contribution in [0.3, 0.4) is 0 Å². The minimum atomic E-state index is 1.08. The highest BCUT2D eigenvalue weighted by Crippen LogP contribution is 2.46. The Morgan fingerprint density at radius 2 is 0.607 bits per heavy atom. The minimum absolute atomic E-state index is 1.08. The van der Waals surface area contributed by atoms with Gasteiger partial charge in [-0.25, -0.2) is 0 Å². The predicted molar refractivity (Wildman–Crippen MR) is 261 cm³/mol. The van der Waals surface area contributed by atoms with Gasteiger partial charge >= 0.3 is 0 Å². The first-order valence-electron chi connectivity index (χ1n) is 21.0. The Balaban J connectivity index is 1.13. The molecule has 11 aromatic carbocycles. The van der Waals surface area contributed by atoms with Gasteiger partial charge in [0.05, 0.1) is 5.69 Å². The van der Waals surface area contributed by atoms with Crippen molar-refractivity contribution in [1.82, 2.24) is 0 Å². The van der Waals surface area contributed by atoms with E-state index in [2.05, 4.69) is 254 Å². The highest BCUT2D eigenvalue weighted by molar-refractivity contribution is 6.04. The molecule has 0 atom stereocenters. The summed E-state index contributed by atoms with van der Waals surface area (Å²) in [5.74, 6) is 0. The lowest BCUT2D eigenvalue weighted by atomic mass is 9.92. The summed E-state index contributed by atoms with van der Waals surface area (Å²) >= 11 is 0. The van der Waals surface area contributed by atoms with Crippen molar-refractivity contribution in [2.45, 2.75) is 0 Å². The quantitative estimate of drug-likeness (QED) is 0.149. The van der Waals surface area contributed by atoms with Crippen LogP contribution in [-0.4, -0.2) is 0 Å². The Hall–Kier alpha value is -8.00. The number of hydrogen-bond acceptors (Lipinski definition) is 1. The van der Waals surface area contributed by atoms with Crippen LogP contribution in [-0.2, 0) is 0 Å². The second-order valence-electron chi connectivity index (χ2n) is 15.7. The zero-order chi connectivity index (χ0) is 40.5. The van der Waals surface area contributed by atoms with E-state index in [1.807, 2.05) is 0 Å². The second-order valence-corrected chi connectivity index (χ2v) is 15.7. The Morgan fingerprint density at radius 3 is 1.18 bits per heavy atom. The summed E-state index contributed by atoms with van der Waals surface area (Å²) < 4.78 is 0. The minimum Gasteiger partial charge on any atom is -0.310 e. The van der Waals surface area contributed by atoms with E-state index in [4.69, 9.17) is 0 Å². The molecule has 0 saturated carbocycles. The van der Waals surface area contributed by atoms with Crippen LogP contribution < -0.4 is 4.90 Å². The van der Waals surface area contributed by atoms with Gasteiger partial charge in [-0.2, -0.15) is 0 Å². The van der Waals surface area contributed by atoms with Crippen LogP contribution in [0.4, 0.5) is 17.1 Å². The number of benzene rings is 11. The number of nitrogens with zero attached hydrogens (tertiary/aromatic N) is 1. The van der Waals surface area contributed by atoms with E-state index in [0.29, 0.717) is 0 Å². The van der Waals surface area contributed by atoms with Crippen LogP contribution in [0.15, 0.2) is 249 Å². The molecule has 0 heterocycles. The van der Waals surface area contributed by atoms with Crippen LogP contribution >= 0.6 is 0 Å². The predicted octanol–water partition coefficient (Wildman–Crippen LogP) is 17.0. The fourth-order valence-corrected chi connectivity index (χ4v) is 9.05. The third-order valence-electron chi connectivity index (χ3n) is 12.1. The molecule has 0 bridgehead atoms. The Bertz CT molecular complexity index is 3330. The number of fused-ring (bicyclic) bond motifs is 3. The largest absolute Gasteiger partial charge is 0.310 e. The molecule has 0 aliphatic carbocycles. The third-order valence-corrected chi connectivity index (χ3v) is 12.1. The maximum atomic E-state index is 2.46. The van der Waals surface area contributed by atoms with E-state index in [1.54, 1.807) is 0 Å². The van der Waals surface area contributed by atoms with Gasteiger partial charge in [0.1, 0.15) is 0 Å². The third kappa shape index (κ3) is 6.83. The maximum absolute atomic E-state index is 2.46. The molecule has 61 heavy (non-hydrogen) atoms. The van der Waals surface area contributed by atoms with Crippen molar-refractivity contribution in [3.8, 4) is 55.6 Å². The molecule has 0 radical (unpaired) electrons. The first kappa shape index (κ1) is 36.1. The molecule has 11 aromatic rings. The summed E-state index contributed by atoms with van der Waals surface area (Å²) in [6.45, 7) is 0. The molecule has 0 aliphatic rings. The number of anilines is 3. The molecule has 0 amide bonds. The van der Waals surface area contributed by atoms with Crippen LogP contribution in [0.25, 0.3) is 88.0 Å². The second kappa shape index (κ2) is 15.6. The molecule has 0 fully saturated rings. The highest BCUT2D eigenvalue weighted by Gasteiger charge is 2.21. The lowest BCUT2D eigenvalue weighted by Crippen LogP contribution is -2.12. The Kier molecular flexibility index (Phi) is 9.26. The van der Waals surface area contributed by atoms with E-state index in [1.165, 1.54) is 82.4 Å². The fraction of sp³-hybridized carbons (Fsp3) is 0. The molecule has 1 heteroatoms. The Labute approximate surface area is 357 Å². The molecule has 1 nitrogen and oxygen atoms in total. The molecule has 0 aliphatic heterocycles. The highest BCUT2D eigenvalue weighted by atomic mass is 15.1. The fourth-order valence-electron chi connectivity index (χ4n) is 9.05. The first-order chi connectivity index (χ1) is 30.2. The zero-order valence-corrected chi connectivity index (χ0v) is 33.6. The lowest BCUT2D eigenvalue weighted by molar-refractivity contribution is 1.28. The average molecular weight is 776 g/mol. The summed E-state index contributed by atoms with van der Waals surface area (Å²) in [5, 5.41) is 7.38. The van der Waals surface area contributed by atoms with Crippen molar-refractivity contribution < 1.29 is 0 Å². The van der Waals surface area contributed by atoms with Gasteiger partial charge in [-0.1, -0.05) is 218 Å². The summed E-state index contributed by atoms with van der Waals surface area (Å²) in [6, 6.07) is 90.6. The molecule has 0 saturated heterocycles. The molecular weight excluding hydrogens is 735 g/mol. The van der Waals surface area contributed by atoms with E-state index < -0.39 is 0 Å².